The van der Waals surface area contributed by atoms with Crippen molar-refractivity contribution in [2.75, 3.05) is 26.2 Å². The number of nitrogens with zero attached hydrogens (tertiary/aromatic N) is 1. The summed E-state index contributed by atoms with van der Waals surface area (Å²) in [5, 5.41) is 10.00. The highest BCUT2D eigenvalue weighted by Gasteiger charge is 2.24. The summed E-state index contributed by atoms with van der Waals surface area (Å²) < 4.78 is 24.3. The Bertz CT molecular complexity index is 425. The lowest BCUT2D eigenvalue weighted by Gasteiger charge is -2.36. The van der Waals surface area contributed by atoms with Crippen LogP contribution in [0.2, 0.25) is 0 Å². The summed E-state index contributed by atoms with van der Waals surface area (Å²) >= 11 is 0. The fourth-order valence-electron chi connectivity index (χ4n) is 2.53. The maximum atomic E-state index is 13.4. The zero-order valence-corrected chi connectivity index (χ0v) is 13.2. The lowest BCUT2D eigenvalue weighted by molar-refractivity contribution is -0.0787. The van der Waals surface area contributed by atoms with E-state index in [1.165, 1.54) is 6.07 Å². The molecule has 21 heavy (non-hydrogen) atoms. The van der Waals surface area contributed by atoms with Crippen LogP contribution < -0.4 is 4.74 Å². The topological polar surface area (TPSA) is 41.9 Å². The fraction of sp³-hybridized carbons (Fsp3) is 0.600. The summed E-state index contributed by atoms with van der Waals surface area (Å²) in [5.41, 5.74) is 0. The molecule has 1 aromatic rings. The number of benzene rings is 1. The van der Waals surface area contributed by atoms with Gasteiger partial charge in [0.15, 0.2) is 11.6 Å². The van der Waals surface area contributed by atoms with Gasteiger partial charge in [-0.3, -0.25) is 4.90 Å². The van der Waals surface area contributed by atoms with Crippen LogP contribution in [0.4, 0.5) is 4.39 Å². The maximum Gasteiger partial charge on any atom is 0.165 e. The number of hydrogen-bond donors (Lipinski definition) is 1. The normalized spacial score (nSPS) is 24.2. The van der Waals surface area contributed by atoms with Crippen molar-refractivity contribution in [1.29, 1.82) is 0 Å². The first-order chi connectivity index (χ1) is 9.54. The Kier molecular flexibility index (Phi) is 7.39. The zero-order valence-electron chi connectivity index (χ0n) is 12.4. The highest BCUT2D eigenvalue weighted by Crippen LogP contribution is 2.16. The van der Waals surface area contributed by atoms with Crippen molar-refractivity contribution in [1.82, 2.24) is 4.90 Å². The summed E-state index contributed by atoms with van der Waals surface area (Å²) in [5.74, 6) is -0.233. The Morgan fingerprint density at radius 3 is 2.57 bits per heavy atom. The number of aliphatic hydroxyl groups excluding tert-OH is 1. The van der Waals surface area contributed by atoms with Gasteiger partial charge in [0.25, 0.3) is 0 Å². The Morgan fingerprint density at radius 2 is 1.95 bits per heavy atom. The molecule has 1 fully saturated rings. The maximum absolute atomic E-state index is 13.4. The minimum Gasteiger partial charge on any atom is -0.488 e. The monoisotopic (exact) mass is 319 g/mol. The smallest absolute Gasteiger partial charge is 0.165 e. The molecule has 1 saturated heterocycles. The lowest BCUT2D eigenvalue weighted by atomic mass is 10.2. The van der Waals surface area contributed by atoms with Gasteiger partial charge in [-0.1, -0.05) is 12.1 Å². The van der Waals surface area contributed by atoms with Gasteiger partial charge in [-0.25, -0.2) is 4.39 Å². The van der Waals surface area contributed by atoms with E-state index < -0.39 is 11.9 Å². The molecule has 3 unspecified atom stereocenters. The van der Waals surface area contributed by atoms with Crippen molar-refractivity contribution in [2.45, 2.75) is 32.2 Å². The van der Waals surface area contributed by atoms with Gasteiger partial charge in [0.05, 0.1) is 12.2 Å². The average molecular weight is 320 g/mol. The van der Waals surface area contributed by atoms with Crippen molar-refractivity contribution in [3.05, 3.63) is 30.1 Å². The van der Waals surface area contributed by atoms with E-state index in [9.17, 15) is 9.50 Å². The zero-order chi connectivity index (χ0) is 14.5. The fourth-order valence-corrected chi connectivity index (χ4v) is 2.53. The van der Waals surface area contributed by atoms with Gasteiger partial charge in [0, 0.05) is 19.6 Å². The Balaban J connectivity index is 0.00000220. The minimum absolute atomic E-state index is 0. The van der Waals surface area contributed by atoms with Gasteiger partial charge in [0.2, 0.25) is 0 Å². The van der Waals surface area contributed by atoms with Gasteiger partial charge >= 0.3 is 0 Å². The Hall–Kier alpha value is -0.880. The average Bonchev–Trinajstić information content (AvgIpc) is 2.36. The molecule has 1 aliphatic heterocycles. The van der Waals surface area contributed by atoms with E-state index in [2.05, 4.69) is 4.90 Å². The molecule has 0 saturated carbocycles. The van der Waals surface area contributed by atoms with Crippen molar-refractivity contribution in [2.24, 2.45) is 0 Å². The molecule has 1 heterocycles. The molecule has 0 bridgehead atoms. The molecule has 0 spiro atoms. The second-order valence-electron chi connectivity index (χ2n) is 5.37. The van der Waals surface area contributed by atoms with Gasteiger partial charge in [-0.2, -0.15) is 0 Å². The SMILES string of the molecule is CC1CN(CC(O)COc2ccccc2F)CC(C)O1.Cl. The molecule has 1 aliphatic rings. The van der Waals surface area contributed by atoms with Gasteiger partial charge in [-0.15, -0.1) is 12.4 Å². The molecule has 0 aliphatic carbocycles. The highest BCUT2D eigenvalue weighted by atomic mass is 35.5. The third kappa shape index (κ3) is 5.79. The summed E-state index contributed by atoms with van der Waals surface area (Å²) in [6.45, 7) is 6.21. The van der Waals surface area contributed by atoms with E-state index in [1.54, 1.807) is 18.2 Å². The number of aliphatic hydroxyl groups is 1. The molecule has 1 N–H and O–H groups in total. The van der Waals surface area contributed by atoms with Crippen LogP contribution in [0, 0.1) is 5.82 Å². The first kappa shape index (κ1) is 18.2. The number of hydrogen-bond acceptors (Lipinski definition) is 4. The van der Waals surface area contributed by atoms with E-state index in [1.807, 2.05) is 13.8 Å². The van der Waals surface area contributed by atoms with Crippen LogP contribution >= 0.6 is 12.4 Å². The van der Waals surface area contributed by atoms with Gasteiger partial charge in [-0.05, 0) is 26.0 Å². The quantitative estimate of drug-likeness (QED) is 0.902. The second-order valence-corrected chi connectivity index (χ2v) is 5.37. The third-order valence-electron chi connectivity index (χ3n) is 3.23. The largest absolute Gasteiger partial charge is 0.488 e. The van der Waals surface area contributed by atoms with Crippen molar-refractivity contribution in [3.8, 4) is 5.75 Å². The molecule has 120 valence electrons. The molecule has 0 radical (unpaired) electrons. The highest BCUT2D eigenvalue weighted by molar-refractivity contribution is 5.85. The van der Waals surface area contributed by atoms with Gasteiger partial charge < -0.3 is 14.6 Å². The molecule has 0 amide bonds. The van der Waals surface area contributed by atoms with E-state index in [-0.39, 0.29) is 37.0 Å². The molecule has 6 heteroatoms. The summed E-state index contributed by atoms with van der Waals surface area (Å²) in [4.78, 5) is 2.15. The molecule has 2 rings (SSSR count). The standard InChI is InChI=1S/C15H22FNO3.ClH/c1-11-7-17(8-12(2)20-11)9-13(18)10-19-15-6-4-3-5-14(15)16;/h3-6,11-13,18H,7-10H2,1-2H3;1H. The number of para-hydroxylation sites is 1. The van der Waals surface area contributed by atoms with Crippen molar-refractivity contribution < 1.29 is 19.0 Å². The molecule has 3 atom stereocenters. The lowest BCUT2D eigenvalue weighted by Crippen LogP contribution is -2.48. The molecular weight excluding hydrogens is 297 g/mol. The predicted octanol–water partition coefficient (Wildman–Crippen LogP) is 2.10. The van der Waals surface area contributed by atoms with E-state index in [0.717, 1.165) is 13.1 Å². The first-order valence-electron chi connectivity index (χ1n) is 6.98. The van der Waals surface area contributed by atoms with Crippen molar-refractivity contribution >= 4 is 12.4 Å². The van der Waals surface area contributed by atoms with Crippen LogP contribution in [0.25, 0.3) is 0 Å². The number of rotatable bonds is 5. The predicted molar refractivity (Wildman–Crippen MR) is 81.6 cm³/mol. The van der Waals surface area contributed by atoms with Crippen LogP contribution in [-0.2, 0) is 4.74 Å². The van der Waals surface area contributed by atoms with Crippen molar-refractivity contribution in [3.63, 3.8) is 0 Å². The van der Waals surface area contributed by atoms with Crippen LogP contribution in [-0.4, -0.2) is 54.6 Å². The van der Waals surface area contributed by atoms with Crippen LogP contribution in [0.5, 0.6) is 5.75 Å². The Labute approximate surface area is 131 Å². The molecule has 4 nitrogen and oxygen atoms in total. The number of ether oxygens (including phenoxy) is 2. The van der Waals surface area contributed by atoms with Crippen LogP contribution in [0.1, 0.15) is 13.8 Å². The second kappa shape index (κ2) is 8.54. The Morgan fingerprint density at radius 1 is 1.33 bits per heavy atom. The van der Waals surface area contributed by atoms with Crippen LogP contribution in [0.3, 0.4) is 0 Å². The summed E-state index contributed by atoms with van der Waals surface area (Å²) in [7, 11) is 0. The number of morpholine rings is 1. The van der Waals surface area contributed by atoms with E-state index in [4.69, 9.17) is 9.47 Å². The number of β-amino-alcohol motifs (C(OH)–C–C–N with tert-alkyl or cyclic N) is 1. The van der Waals surface area contributed by atoms with E-state index in [0.29, 0.717) is 6.54 Å². The number of halogens is 2. The minimum atomic E-state index is -0.646. The third-order valence-corrected chi connectivity index (χ3v) is 3.23. The molecular formula is C15H23ClFNO3. The summed E-state index contributed by atoms with van der Waals surface area (Å²) in [6, 6.07) is 6.21. The summed E-state index contributed by atoms with van der Waals surface area (Å²) in [6.07, 6.45) is -0.316. The van der Waals surface area contributed by atoms with E-state index >= 15 is 0 Å². The molecule has 1 aromatic carbocycles. The van der Waals surface area contributed by atoms with Gasteiger partial charge in [0.1, 0.15) is 12.7 Å². The van der Waals surface area contributed by atoms with Crippen LogP contribution in [0.15, 0.2) is 24.3 Å². The molecule has 0 aromatic heterocycles. The first-order valence-corrected chi connectivity index (χ1v) is 6.98.